The number of rotatable bonds is 3. The van der Waals surface area contributed by atoms with Gasteiger partial charge in [-0.2, -0.15) is 0 Å². The molecule has 0 spiro atoms. The molecule has 0 atom stereocenters. The predicted molar refractivity (Wildman–Crippen MR) is 56.2 cm³/mol. The van der Waals surface area contributed by atoms with E-state index < -0.39 is 0 Å². The Morgan fingerprint density at radius 2 is 2.12 bits per heavy atom. The summed E-state index contributed by atoms with van der Waals surface area (Å²) in [6, 6.07) is 5.38. The van der Waals surface area contributed by atoms with E-state index in [0.29, 0.717) is 17.9 Å². The van der Waals surface area contributed by atoms with Crippen LogP contribution in [0.25, 0.3) is 0 Å². The number of hydrogen-bond donors (Lipinski definition) is 2. The second kappa shape index (κ2) is 4.57. The summed E-state index contributed by atoms with van der Waals surface area (Å²) in [6.45, 7) is 0.323. The van der Waals surface area contributed by atoms with Crippen molar-refractivity contribution in [1.82, 2.24) is 15.3 Å². The second-order valence-electron chi connectivity index (χ2n) is 3.23. The summed E-state index contributed by atoms with van der Waals surface area (Å²) in [5.74, 6) is 0.0643. The van der Waals surface area contributed by atoms with E-state index in [1.807, 2.05) is 0 Å². The largest absolute Gasteiger partial charge is 0.347 e. The Morgan fingerprint density at radius 3 is 2.75 bits per heavy atom. The normalized spacial score (nSPS) is 10.1. The molecule has 5 heteroatoms. The third-order valence-electron chi connectivity index (χ3n) is 2.08. The number of benzene rings is 1. The molecule has 0 aliphatic heterocycles. The Morgan fingerprint density at radius 1 is 1.38 bits per heavy atom. The summed E-state index contributed by atoms with van der Waals surface area (Å²) in [5, 5.41) is 2.67. The van der Waals surface area contributed by atoms with Gasteiger partial charge in [0.1, 0.15) is 11.6 Å². The van der Waals surface area contributed by atoms with Crippen molar-refractivity contribution < 1.29 is 9.18 Å². The first-order valence-electron chi connectivity index (χ1n) is 4.78. The zero-order valence-electron chi connectivity index (χ0n) is 8.40. The minimum absolute atomic E-state index is 0.253. The zero-order valence-corrected chi connectivity index (χ0v) is 8.40. The van der Waals surface area contributed by atoms with Gasteiger partial charge in [0.05, 0.1) is 6.54 Å². The third kappa shape index (κ3) is 2.44. The maximum Gasteiger partial charge on any atom is 0.251 e. The minimum atomic E-state index is -0.359. The summed E-state index contributed by atoms with van der Waals surface area (Å²) in [5.41, 5.74) is 0.424. The highest BCUT2D eigenvalue weighted by Crippen LogP contribution is 2.02. The molecule has 4 nitrogen and oxygen atoms in total. The minimum Gasteiger partial charge on any atom is -0.347 e. The maximum absolute atomic E-state index is 12.6. The molecule has 2 rings (SSSR count). The molecule has 2 aromatic rings. The first kappa shape index (κ1) is 10.4. The molecule has 0 radical (unpaired) electrons. The van der Waals surface area contributed by atoms with Crippen molar-refractivity contribution >= 4 is 5.91 Å². The standard InChI is InChI=1S/C11H10FN3O/c12-9-3-1-8(2-4-9)11(16)15-7-10-13-5-6-14-10/h1-6H,7H2,(H,13,14)(H,15,16). The summed E-state index contributed by atoms with van der Waals surface area (Å²) in [4.78, 5) is 18.4. The van der Waals surface area contributed by atoms with Gasteiger partial charge in [0.25, 0.3) is 5.91 Å². The zero-order chi connectivity index (χ0) is 11.4. The van der Waals surface area contributed by atoms with E-state index in [1.165, 1.54) is 24.3 Å². The van der Waals surface area contributed by atoms with Gasteiger partial charge < -0.3 is 10.3 Å². The van der Waals surface area contributed by atoms with E-state index in [4.69, 9.17) is 0 Å². The number of H-pyrrole nitrogens is 1. The van der Waals surface area contributed by atoms with Crippen LogP contribution in [0.1, 0.15) is 16.2 Å². The molecule has 0 bridgehead atoms. The third-order valence-corrected chi connectivity index (χ3v) is 2.08. The van der Waals surface area contributed by atoms with Crippen LogP contribution in [-0.2, 0) is 6.54 Å². The van der Waals surface area contributed by atoms with E-state index in [-0.39, 0.29) is 11.7 Å². The Kier molecular flexibility index (Phi) is 2.95. The van der Waals surface area contributed by atoms with Gasteiger partial charge in [0.15, 0.2) is 0 Å². The number of imidazole rings is 1. The molecule has 0 aliphatic carbocycles. The molecule has 82 valence electrons. The van der Waals surface area contributed by atoms with Gasteiger partial charge in [0.2, 0.25) is 0 Å². The van der Waals surface area contributed by atoms with Gasteiger partial charge in [-0.3, -0.25) is 4.79 Å². The Labute approximate surface area is 91.5 Å². The molecule has 0 saturated heterocycles. The molecule has 16 heavy (non-hydrogen) atoms. The van der Waals surface area contributed by atoms with E-state index in [9.17, 15) is 9.18 Å². The number of halogens is 1. The monoisotopic (exact) mass is 219 g/mol. The van der Waals surface area contributed by atoms with Crippen LogP contribution >= 0.6 is 0 Å². The number of amides is 1. The fourth-order valence-electron chi connectivity index (χ4n) is 1.26. The molecule has 1 aromatic heterocycles. The molecule has 0 fully saturated rings. The first-order chi connectivity index (χ1) is 7.75. The molecular formula is C11H10FN3O. The molecular weight excluding hydrogens is 209 g/mol. The average Bonchev–Trinajstić information content (AvgIpc) is 2.80. The van der Waals surface area contributed by atoms with Crippen molar-refractivity contribution in [3.8, 4) is 0 Å². The molecule has 1 aromatic carbocycles. The number of nitrogens with zero attached hydrogens (tertiary/aromatic N) is 1. The lowest BCUT2D eigenvalue weighted by molar-refractivity contribution is 0.0950. The van der Waals surface area contributed by atoms with Gasteiger partial charge in [-0.25, -0.2) is 9.37 Å². The highest BCUT2D eigenvalue weighted by molar-refractivity contribution is 5.94. The van der Waals surface area contributed by atoms with Crippen LogP contribution in [0, 0.1) is 5.82 Å². The Balaban J connectivity index is 1.95. The Hall–Kier alpha value is -2.17. The summed E-state index contributed by atoms with van der Waals surface area (Å²) in [7, 11) is 0. The molecule has 1 heterocycles. The topological polar surface area (TPSA) is 57.8 Å². The lowest BCUT2D eigenvalue weighted by Crippen LogP contribution is -2.23. The van der Waals surface area contributed by atoms with Crippen LogP contribution in [-0.4, -0.2) is 15.9 Å². The van der Waals surface area contributed by atoms with Crippen molar-refractivity contribution in [1.29, 1.82) is 0 Å². The highest BCUT2D eigenvalue weighted by Gasteiger charge is 2.05. The lowest BCUT2D eigenvalue weighted by Gasteiger charge is -2.02. The predicted octanol–water partition coefficient (Wildman–Crippen LogP) is 1.48. The number of carbonyl (C=O) groups excluding carboxylic acids is 1. The van der Waals surface area contributed by atoms with Crippen LogP contribution < -0.4 is 5.32 Å². The van der Waals surface area contributed by atoms with E-state index in [2.05, 4.69) is 15.3 Å². The summed E-state index contributed by atoms with van der Waals surface area (Å²) in [6.07, 6.45) is 3.29. The summed E-state index contributed by atoms with van der Waals surface area (Å²) >= 11 is 0. The molecule has 0 aliphatic rings. The fourth-order valence-corrected chi connectivity index (χ4v) is 1.26. The van der Waals surface area contributed by atoms with E-state index >= 15 is 0 Å². The fraction of sp³-hybridized carbons (Fsp3) is 0.0909. The molecule has 1 amide bonds. The number of aromatic amines is 1. The average molecular weight is 219 g/mol. The quantitative estimate of drug-likeness (QED) is 0.821. The van der Waals surface area contributed by atoms with Gasteiger partial charge in [0, 0.05) is 18.0 Å². The molecule has 0 unspecified atom stereocenters. The van der Waals surface area contributed by atoms with Crippen LogP contribution in [0.4, 0.5) is 4.39 Å². The Bertz CT molecular complexity index is 464. The van der Waals surface area contributed by atoms with Crippen LogP contribution in [0.5, 0.6) is 0 Å². The van der Waals surface area contributed by atoms with Gasteiger partial charge in [-0.05, 0) is 24.3 Å². The maximum atomic E-state index is 12.6. The van der Waals surface area contributed by atoms with Crippen LogP contribution in [0.2, 0.25) is 0 Å². The highest BCUT2D eigenvalue weighted by atomic mass is 19.1. The van der Waals surface area contributed by atoms with Crippen molar-refractivity contribution in [2.75, 3.05) is 0 Å². The van der Waals surface area contributed by atoms with Crippen LogP contribution in [0.15, 0.2) is 36.7 Å². The van der Waals surface area contributed by atoms with Gasteiger partial charge >= 0.3 is 0 Å². The lowest BCUT2D eigenvalue weighted by atomic mass is 10.2. The van der Waals surface area contributed by atoms with E-state index in [1.54, 1.807) is 12.4 Å². The van der Waals surface area contributed by atoms with Crippen LogP contribution in [0.3, 0.4) is 0 Å². The number of carbonyl (C=O) groups is 1. The number of hydrogen-bond acceptors (Lipinski definition) is 2. The number of nitrogens with one attached hydrogen (secondary N) is 2. The first-order valence-corrected chi connectivity index (χ1v) is 4.78. The number of aromatic nitrogens is 2. The van der Waals surface area contributed by atoms with Crippen molar-refractivity contribution in [3.63, 3.8) is 0 Å². The summed E-state index contributed by atoms with van der Waals surface area (Å²) < 4.78 is 12.6. The van der Waals surface area contributed by atoms with Crippen molar-refractivity contribution in [2.24, 2.45) is 0 Å². The smallest absolute Gasteiger partial charge is 0.251 e. The molecule has 2 N–H and O–H groups in total. The second-order valence-corrected chi connectivity index (χ2v) is 3.23. The SMILES string of the molecule is O=C(NCc1ncc[nH]1)c1ccc(F)cc1. The van der Waals surface area contributed by atoms with Crippen molar-refractivity contribution in [3.05, 3.63) is 53.9 Å². The van der Waals surface area contributed by atoms with E-state index in [0.717, 1.165) is 0 Å². The van der Waals surface area contributed by atoms with Crippen molar-refractivity contribution in [2.45, 2.75) is 6.54 Å². The van der Waals surface area contributed by atoms with Gasteiger partial charge in [-0.1, -0.05) is 0 Å². The van der Waals surface area contributed by atoms with Gasteiger partial charge in [-0.15, -0.1) is 0 Å². The molecule has 0 saturated carbocycles.